The van der Waals surface area contributed by atoms with Gasteiger partial charge in [-0.2, -0.15) is 0 Å². The van der Waals surface area contributed by atoms with Crippen LogP contribution in [0.2, 0.25) is 0 Å². The van der Waals surface area contributed by atoms with Crippen molar-refractivity contribution in [2.75, 3.05) is 39.4 Å². The third-order valence-electron chi connectivity index (χ3n) is 6.00. The van der Waals surface area contributed by atoms with Gasteiger partial charge in [-0.1, -0.05) is 18.6 Å². The number of nitrogens with one attached hydrogen (secondary N) is 2. The number of guanidine groups is 1. The molecule has 2 aliphatic rings. The Morgan fingerprint density at radius 1 is 1.27 bits per heavy atom. The van der Waals surface area contributed by atoms with E-state index >= 15 is 0 Å². The van der Waals surface area contributed by atoms with E-state index in [9.17, 15) is 10.1 Å². The fourth-order valence-electron chi connectivity index (χ4n) is 4.03. The molecule has 0 saturated carbocycles. The predicted molar refractivity (Wildman–Crippen MR) is 119 cm³/mol. The van der Waals surface area contributed by atoms with Crippen LogP contribution in [-0.4, -0.2) is 61.2 Å². The largest absolute Gasteiger partial charge is 0.381 e. The quantitative estimate of drug-likeness (QED) is 0.211. The van der Waals surface area contributed by atoms with E-state index in [0.717, 1.165) is 57.2 Å². The molecular weight excluding hydrogens is 382 g/mol. The van der Waals surface area contributed by atoms with Gasteiger partial charge in [0.15, 0.2) is 5.96 Å². The number of aliphatic imine (C=N–C) groups is 1. The van der Waals surface area contributed by atoms with Gasteiger partial charge in [0.05, 0.1) is 18.1 Å². The summed E-state index contributed by atoms with van der Waals surface area (Å²) in [6.45, 7) is 8.49. The van der Waals surface area contributed by atoms with E-state index in [1.165, 1.54) is 37.9 Å². The van der Waals surface area contributed by atoms with Crippen LogP contribution in [0, 0.1) is 16.0 Å². The van der Waals surface area contributed by atoms with Crippen molar-refractivity contribution in [1.29, 1.82) is 0 Å². The molecule has 2 saturated heterocycles. The minimum atomic E-state index is -0.380. The Morgan fingerprint density at radius 3 is 2.80 bits per heavy atom. The van der Waals surface area contributed by atoms with Crippen molar-refractivity contribution in [2.24, 2.45) is 10.9 Å². The minimum absolute atomic E-state index is 0.104. The lowest BCUT2D eigenvalue weighted by Gasteiger charge is -2.33. The first-order valence-electron chi connectivity index (χ1n) is 11.2. The zero-order valence-corrected chi connectivity index (χ0v) is 18.0. The Bertz CT molecular complexity index is 689. The highest BCUT2D eigenvalue weighted by Gasteiger charge is 2.18. The summed E-state index contributed by atoms with van der Waals surface area (Å²) < 4.78 is 5.46. The summed E-state index contributed by atoms with van der Waals surface area (Å²) in [5.41, 5.74) is 1.06. The van der Waals surface area contributed by atoms with Crippen molar-refractivity contribution in [1.82, 2.24) is 15.5 Å². The van der Waals surface area contributed by atoms with Gasteiger partial charge >= 0.3 is 0 Å². The zero-order valence-electron chi connectivity index (χ0n) is 18.0. The molecule has 2 aliphatic heterocycles. The molecular formula is C22H35N5O3. The van der Waals surface area contributed by atoms with Crippen molar-refractivity contribution in [3.63, 3.8) is 0 Å². The number of hydrogen-bond donors (Lipinski definition) is 2. The van der Waals surface area contributed by atoms with Crippen LogP contribution in [0.4, 0.5) is 5.69 Å². The Balaban J connectivity index is 1.49. The Labute approximate surface area is 179 Å². The van der Waals surface area contributed by atoms with Crippen LogP contribution in [0.1, 0.15) is 44.6 Å². The first-order chi connectivity index (χ1) is 14.6. The maximum atomic E-state index is 10.8. The molecule has 166 valence electrons. The van der Waals surface area contributed by atoms with Gasteiger partial charge in [0.1, 0.15) is 0 Å². The monoisotopic (exact) mass is 417 g/mol. The zero-order chi connectivity index (χ0) is 21.2. The van der Waals surface area contributed by atoms with E-state index in [4.69, 9.17) is 9.73 Å². The molecule has 0 amide bonds. The second kappa shape index (κ2) is 11.9. The molecule has 3 rings (SSSR count). The topological polar surface area (TPSA) is 92.0 Å². The number of ether oxygens (including phenoxy) is 1. The fourth-order valence-corrected chi connectivity index (χ4v) is 4.03. The van der Waals surface area contributed by atoms with E-state index in [1.54, 1.807) is 12.1 Å². The number of nitrogens with zero attached hydrogens (tertiary/aromatic N) is 3. The summed E-state index contributed by atoms with van der Waals surface area (Å²) in [5.74, 6) is 1.32. The van der Waals surface area contributed by atoms with Crippen LogP contribution in [0.3, 0.4) is 0 Å². The van der Waals surface area contributed by atoms with Crippen LogP contribution >= 0.6 is 0 Å². The van der Waals surface area contributed by atoms with Gasteiger partial charge in [-0.25, -0.2) is 4.99 Å². The molecule has 0 bridgehead atoms. The summed E-state index contributed by atoms with van der Waals surface area (Å²) in [6, 6.07) is 7.28. The minimum Gasteiger partial charge on any atom is -0.381 e. The molecule has 2 unspecified atom stereocenters. The van der Waals surface area contributed by atoms with Crippen LogP contribution < -0.4 is 10.6 Å². The van der Waals surface area contributed by atoms with E-state index in [-0.39, 0.29) is 10.6 Å². The number of nitro groups is 1. The molecule has 2 heterocycles. The third kappa shape index (κ3) is 7.25. The third-order valence-corrected chi connectivity index (χ3v) is 6.00. The van der Waals surface area contributed by atoms with Crippen molar-refractivity contribution < 1.29 is 9.66 Å². The molecule has 2 fully saturated rings. The van der Waals surface area contributed by atoms with Gasteiger partial charge in [-0.3, -0.25) is 10.1 Å². The summed E-state index contributed by atoms with van der Waals surface area (Å²) >= 11 is 0. The lowest BCUT2D eigenvalue weighted by Crippen LogP contribution is -2.42. The standard InChI is InChI=1S/C22H35N5O3/c1-18-5-2-3-12-26(18)13-4-11-23-22(25-16-20-10-14-30-17-20)24-15-19-6-8-21(9-7-19)27(28)29/h6-9,18,20H,2-5,10-17H2,1H3,(H2,23,24,25). The molecule has 1 aromatic rings. The average molecular weight is 418 g/mol. The van der Waals surface area contributed by atoms with Gasteiger partial charge in [0.2, 0.25) is 0 Å². The molecule has 8 nitrogen and oxygen atoms in total. The number of rotatable bonds is 9. The molecule has 0 radical (unpaired) electrons. The highest BCUT2D eigenvalue weighted by molar-refractivity contribution is 5.79. The van der Waals surface area contributed by atoms with Gasteiger partial charge in [0.25, 0.3) is 5.69 Å². The van der Waals surface area contributed by atoms with E-state index in [0.29, 0.717) is 18.5 Å². The van der Waals surface area contributed by atoms with Crippen LogP contribution in [0.25, 0.3) is 0 Å². The number of non-ortho nitro benzene ring substituents is 1. The fraction of sp³-hybridized carbons (Fsp3) is 0.682. The predicted octanol–water partition coefficient (Wildman–Crippen LogP) is 2.93. The van der Waals surface area contributed by atoms with Crippen molar-refractivity contribution in [2.45, 2.75) is 51.6 Å². The molecule has 0 spiro atoms. The Kier molecular flexibility index (Phi) is 8.89. The highest BCUT2D eigenvalue weighted by Crippen LogP contribution is 2.16. The molecule has 30 heavy (non-hydrogen) atoms. The van der Waals surface area contributed by atoms with Crippen LogP contribution in [0.15, 0.2) is 29.3 Å². The molecule has 0 aliphatic carbocycles. The molecule has 2 N–H and O–H groups in total. The highest BCUT2D eigenvalue weighted by atomic mass is 16.6. The number of piperidine rings is 1. The van der Waals surface area contributed by atoms with Gasteiger partial charge in [-0.05, 0) is 44.7 Å². The molecule has 0 aromatic heterocycles. The SMILES string of the molecule is CC1CCCCN1CCCNC(=NCc1ccc([N+](=O)[O-])cc1)NCC1CCOC1. The Hall–Kier alpha value is -2.19. The van der Waals surface area contributed by atoms with Gasteiger partial charge < -0.3 is 20.3 Å². The first kappa shape index (κ1) is 22.5. The van der Waals surface area contributed by atoms with E-state index < -0.39 is 0 Å². The van der Waals surface area contributed by atoms with E-state index in [2.05, 4.69) is 22.5 Å². The van der Waals surface area contributed by atoms with Gasteiger partial charge in [0, 0.05) is 50.3 Å². The van der Waals surface area contributed by atoms with Crippen LogP contribution in [-0.2, 0) is 11.3 Å². The van der Waals surface area contributed by atoms with Gasteiger partial charge in [-0.15, -0.1) is 0 Å². The Morgan fingerprint density at radius 2 is 2.10 bits per heavy atom. The lowest BCUT2D eigenvalue weighted by molar-refractivity contribution is -0.384. The number of nitro benzene ring substituents is 1. The van der Waals surface area contributed by atoms with Crippen LogP contribution in [0.5, 0.6) is 0 Å². The number of hydrogen-bond acceptors (Lipinski definition) is 5. The second-order valence-electron chi connectivity index (χ2n) is 8.36. The summed E-state index contributed by atoms with van der Waals surface area (Å²) in [5, 5.41) is 17.7. The smallest absolute Gasteiger partial charge is 0.269 e. The van der Waals surface area contributed by atoms with Crippen molar-refractivity contribution in [3.05, 3.63) is 39.9 Å². The van der Waals surface area contributed by atoms with Crippen molar-refractivity contribution in [3.8, 4) is 0 Å². The summed E-state index contributed by atoms with van der Waals surface area (Å²) in [7, 11) is 0. The summed E-state index contributed by atoms with van der Waals surface area (Å²) in [6.07, 6.45) is 6.12. The molecule has 2 atom stereocenters. The summed E-state index contributed by atoms with van der Waals surface area (Å²) in [4.78, 5) is 17.7. The average Bonchev–Trinajstić information content (AvgIpc) is 3.27. The van der Waals surface area contributed by atoms with Crippen molar-refractivity contribution >= 4 is 11.6 Å². The van der Waals surface area contributed by atoms with E-state index in [1.807, 2.05) is 0 Å². The maximum Gasteiger partial charge on any atom is 0.269 e. The number of likely N-dealkylation sites (tertiary alicyclic amines) is 1. The first-order valence-corrected chi connectivity index (χ1v) is 11.2. The second-order valence-corrected chi connectivity index (χ2v) is 8.36. The number of benzene rings is 1. The molecule has 8 heteroatoms. The molecule has 1 aromatic carbocycles. The lowest BCUT2D eigenvalue weighted by atomic mass is 10.0. The normalized spacial score (nSPS) is 22.8. The maximum absolute atomic E-state index is 10.8.